The van der Waals surface area contributed by atoms with Gasteiger partial charge in [-0.3, -0.25) is 24.6 Å². The molecule has 4 rings (SSSR count). The van der Waals surface area contributed by atoms with E-state index in [0.717, 1.165) is 10.5 Å². The number of carboxylic acid groups (broad SMARTS) is 1. The number of likely N-dealkylation sites (tertiary alicyclic amines) is 1. The average Bonchev–Trinajstić information content (AvgIpc) is 3.30. The maximum absolute atomic E-state index is 13.6. The molecule has 0 spiro atoms. The molecular weight excluding hydrogens is 424 g/mol. The summed E-state index contributed by atoms with van der Waals surface area (Å²) >= 11 is 0. The summed E-state index contributed by atoms with van der Waals surface area (Å²) in [6.45, 7) is 3.69. The standard InChI is InChI=1S/C25H28N2O6/c1-4-14(2)25(24(31)32)19-18(20(26-25)16-11-8-12-17(33-3)21(16)28)22(29)27(23(19)30)13-15-9-6-5-7-10-15/h5-12,14,18-20,26,28H,4,13H2,1-3H3,(H,31,32). The van der Waals surface area contributed by atoms with Crippen molar-refractivity contribution in [3.8, 4) is 11.5 Å². The fraction of sp³-hybridized carbons (Fsp3) is 0.400. The van der Waals surface area contributed by atoms with Gasteiger partial charge < -0.3 is 14.9 Å². The number of hydrogen-bond donors (Lipinski definition) is 3. The summed E-state index contributed by atoms with van der Waals surface area (Å²) < 4.78 is 5.22. The van der Waals surface area contributed by atoms with Gasteiger partial charge >= 0.3 is 5.97 Å². The van der Waals surface area contributed by atoms with E-state index in [0.29, 0.717) is 12.0 Å². The smallest absolute Gasteiger partial charge is 0.325 e. The van der Waals surface area contributed by atoms with Crippen LogP contribution in [0.2, 0.25) is 0 Å². The number of methoxy groups -OCH3 is 1. The summed E-state index contributed by atoms with van der Waals surface area (Å²) in [5, 5.41) is 24.3. The third-order valence-corrected chi connectivity index (χ3v) is 7.20. The number of carboxylic acids is 1. The Balaban J connectivity index is 1.85. The molecule has 2 saturated heterocycles. The summed E-state index contributed by atoms with van der Waals surface area (Å²) in [4.78, 5) is 41.2. The van der Waals surface area contributed by atoms with Crippen LogP contribution in [0.4, 0.5) is 0 Å². The number of carbonyl (C=O) groups is 3. The van der Waals surface area contributed by atoms with Crippen molar-refractivity contribution in [3.05, 3.63) is 59.7 Å². The number of phenolic OH excluding ortho intramolecular Hbond substituents is 1. The van der Waals surface area contributed by atoms with Crippen LogP contribution < -0.4 is 10.1 Å². The quantitative estimate of drug-likeness (QED) is 0.553. The van der Waals surface area contributed by atoms with E-state index in [1.807, 2.05) is 37.3 Å². The van der Waals surface area contributed by atoms with Crippen LogP contribution in [0.5, 0.6) is 11.5 Å². The first-order chi connectivity index (χ1) is 15.8. The number of nitrogens with zero attached hydrogens (tertiary/aromatic N) is 1. The van der Waals surface area contributed by atoms with Crippen molar-refractivity contribution in [2.75, 3.05) is 7.11 Å². The van der Waals surface area contributed by atoms with Gasteiger partial charge in [0.15, 0.2) is 11.5 Å². The molecule has 2 aliphatic heterocycles. The van der Waals surface area contributed by atoms with E-state index in [2.05, 4.69) is 5.32 Å². The molecule has 2 aliphatic rings. The highest BCUT2D eigenvalue weighted by molar-refractivity contribution is 6.09. The molecule has 0 saturated carbocycles. The molecule has 174 valence electrons. The second-order valence-corrected chi connectivity index (χ2v) is 8.76. The van der Waals surface area contributed by atoms with E-state index in [1.165, 1.54) is 7.11 Å². The lowest BCUT2D eigenvalue weighted by molar-refractivity contribution is -0.154. The number of aliphatic carboxylic acids is 1. The SMILES string of the molecule is CCC(C)C1(C(=O)O)NC(c2cccc(OC)c2O)C2C(=O)N(Cc3ccccc3)C(=O)C21. The Bertz CT molecular complexity index is 1090. The molecule has 2 fully saturated rings. The van der Waals surface area contributed by atoms with Gasteiger partial charge in [-0.15, -0.1) is 0 Å². The van der Waals surface area contributed by atoms with E-state index in [-0.39, 0.29) is 18.0 Å². The van der Waals surface area contributed by atoms with Crippen molar-refractivity contribution >= 4 is 17.8 Å². The summed E-state index contributed by atoms with van der Waals surface area (Å²) in [6, 6.07) is 13.1. The van der Waals surface area contributed by atoms with Gasteiger partial charge in [-0.25, -0.2) is 0 Å². The highest BCUT2D eigenvalue weighted by atomic mass is 16.5. The van der Waals surface area contributed by atoms with E-state index in [1.54, 1.807) is 25.1 Å². The number of carbonyl (C=O) groups excluding carboxylic acids is 2. The Morgan fingerprint density at radius 2 is 1.85 bits per heavy atom. The average molecular weight is 453 g/mol. The van der Waals surface area contributed by atoms with Crippen molar-refractivity contribution < 1.29 is 29.3 Å². The Hall–Kier alpha value is -3.39. The van der Waals surface area contributed by atoms with Crippen molar-refractivity contribution in [1.82, 2.24) is 10.2 Å². The fourth-order valence-corrected chi connectivity index (χ4v) is 5.33. The van der Waals surface area contributed by atoms with Crippen molar-refractivity contribution in [2.24, 2.45) is 17.8 Å². The zero-order valence-corrected chi connectivity index (χ0v) is 18.8. The zero-order valence-electron chi connectivity index (χ0n) is 18.8. The number of ether oxygens (including phenoxy) is 1. The molecule has 2 amide bonds. The lowest BCUT2D eigenvalue weighted by atomic mass is 9.72. The van der Waals surface area contributed by atoms with Gasteiger partial charge in [0, 0.05) is 11.6 Å². The molecule has 8 heteroatoms. The van der Waals surface area contributed by atoms with Gasteiger partial charge in [0.25, 0.3) is 0 Å². The highest BCUT2D eigenvalue weighted by Gasteiger charge is 2.70. The first-order valence-electron chi connectivity index (χ1n) is 11.0. The van der Waals surface area contributed by atoms with Crippen LogP contribution in [0, 0.1) is 17.8 Å². The summed E-state index contributed by atoms with van der Waals surface area (Å²) in [5.41, 5.74) is -0.548. The van der Waals surface area contributed by atoms with E-state index >= 15 is 0 Å². The van der Waals surface area contributed by atoms with E-state index < -0.39 is 47.1 Å². The second kappa shape index (κ2) is 8.51. The molecule has 0 bridgehead atoms. The van der Waals surface area contributed by atoms with Gasteiger partial charge in [0.05, 0.1) is 25.5 Å². The number of aromatic hydroxyl groups is 1. The molecule has 33 heavy (non-hydrogen) atoms. The molecule has 0 radical (unpaired) electrons. The van der Waals surface area contributed by atoms with Crippen LogP contribution >= 0.6 is 0 Å². The first kappa shape index (κ1) is 22.8. The molecule has 3 N–H and O–H groups in total. The molecule has 5 unspecified atom stereocenters. The maximum atomic E-state index is 13.6. The third-order valence-electron chi connectivity index (χ3n) is 7.20. The van der Waals surface area contributed by atoms with Crippen LogP contribution in [0.25, 0.3) is 0 Å². The van der Waals surface area contributed by atoms with Crippen molar-refractivity contribution in [3.63, 3.8) is 0 Å². The Kier molecular flexibility index (Phi) is 5.88. The van der Waals surface area contributed by atoms with Crippen LogP contribution in [-0.4, -0.2) is 45.5 Å². The number of amides is 2. The molecule has 2 aromatic rings. The second-order valence-electron chi connectivity index (χ2n) is 8.76. The third kappa shape index (κ3) is 3.36. The number of para-hydroxylation sites is 1. The molecule has 5 atom stereocenters. The Morgan fingerprint density at radius 1 is 1.15 bits per heavy atom. The van der Waals surface area contributed by atoms with Gasteiger partial charge in [0.1, 0.15) is 5.54 Å². The summed E-state index contributed by atoms with van der Waals surface area (Å²) in [7, 11) is 1.41. The van der Waals surface area contributed by atoms with Gasteiger partial charge in [-0.05, 0) is 17.5 Å². The fourth-order valence-electron chi connectivity index (χ4n) is 5.33. The molecular formula is C25H28N2O6. The predicted molar refractivity (Wildman–Crippen MR) is 119 cm³/mol. The van der Waals surface area contributed by atoms with Crippen LogP contribution in [0.3, 0.4) is 0 Å². The minimum atomic E-state index is -1.65. The number of imide groups is 1. The topological polar surface area (TPSA) is 116 Å². The number of rotatable bonds is 7. The molecule has 2 aromatic carbocycles. The van der Waals surface area contributed by atoms with Gasteiger partial charge in [-0.2, -0.15) is 0 Å². The number of hydrogen-bond acceptors (Lipinski definition) is 6. The number of phenols is 1. The number of nitrogens with one attached hydrogen (secondary N) is 1. The molecule has 0 aliphatic carbocycles. The first-order valence-corrected chi connectivity index (χ1v) is 11.0. The summed E-state index contributed by atoms with van der Waals surface area (Å²) in [5.74, 6) is -4.62. The summed E-state index contributed by atoms with van der Waals surface area (Å²) in [6.07, 6.45) is 0.486. The Morgan fingerprint density at radius 3 is 2.45 bits per heavy atom. The normalized spacial score (nSPS) is 27.5. The monoisotopic (exact) mass is 452 g/mol. The minimum Gasteiger partial charge on any atom is -0.504 e. The lowest BCUT2D eigenvalue weighted by Gasteiger charge is -2.36. The zero-order chi connectivity index (χ0) is 23.9. The van der Waals surface area contributed by atoms with Crippen LogP contribution in [-0.2, 0) is 20.9 Å². The minimum absolute atomic E-state index is 0.0680. The molecule has 2 heterocycles. The van der Waals surface area contributed by atoms with E-state index in [4.69, 9.17) is 4.74 Å². The van der Waals surface area contributed by atoms with Crippen LogP contribution in [0.1, 0.15) is 37.4 Å². The highest BCUT2D eigenvalue weighted by Crippen LogP contribution is 2.54. The van der Waals surface area contributed by atoms with Crippen LogP contribution in [0.15, 0.2) is 48.5 Å². The lowest BCUT2D eigenvalue weighted by Crippen LogP contribution is -2.59. The molecule has 8 nitrogen and oxygen atoms in total. The molecule has 0 aromatic heterocycles. The number of benzene rings is 2. The predicted octanol–water partition coefficient (Wildman–Crippen LogP) is 2.72. The number of fused-ring (bicyclic) bond motifs is 1. The van der Waals surface area contributed by atoms with Gasteiger partial charge in [-0.1, -0.05) is 62.7 Å². The van der Waals surface area contributed by atoms with Crippen molar-refractivity contribution in [1.29, 1.82) is 0 Å². The van der Waals surface area contributed by atoms with Crippen molar-refractivity contribution in [2.45, 2.75) is 38.4 Å². The largest absolute Gasteiger partial charge is 0.504 e. The maximum Gasteiger partial charge on any atom is 0.325 e. The Labute approximate surface area is 192 Å². The van der Waals surface area contributed by atoms with E-state index in [9.17, 15) is 24.6 Å². The van der Waals surface area contributed by atoms with Gasteiger partial charge in [0.2, 0.25) is 11.8 Å².